The highest BCUT2D eigenvalue weighted by atomic mass is 32.1. The van der Waals surface area contributed by atoms with Crippen molar-refractivity contribution in [1.29, 1.82) is 5.26 Å². The Morgan fingerprint density at radius 2 is 1.97 bits per heavy atom. The number of rotatable bonds is 7. The normalized spacial score (nSPS) is 12.8. The maximum Gasteiger partial charge on any atom is 0.262 e. The molecular formula is C26H25N3O3S. The van der Waals surface area contributed by atoms with E-state index in [1.54, 1.807) is 36.8 Å². The summed E-state index contributed by atoms with van der Waals surface area (Å²) in [5.74, 6) is 0.725. The number of aryl methyl sites for hydroxylation is 2. The van der Waals surface area contributed by atoms with Gasteiger partial charge in [0.25, 0.3) is 5.91 Å². The number of ether oxygens (including phenoxy) is 2. The summed E-state index contributed by atoms with van der Waals surface area (Å²) in [6.45, 7) is 1.86. The van der Waals surface area contributed by atoms with E-state index in [2.05, 4.69) is 16.4 Å². The SMILES string of the molecule is COc1cc(C=Nc2sc3c(c2C#N)CCCC3)ccc1OCC(=O)Nc1ccc(C)cc1. The summed E-state index contributed by atoms with van der Waals surface area (Å²) in [5, 5.41) is 13.2. The number of amides is 1. The number of nitriles is 1. The Morgan fingerprint density at radius 3 is 2.73 bits per heavy atom. The third-order valence-corrected chi connectivity index (χ3v) is 6.68. The monoisotopic (exact) mass is 459 g/mol. The number of carbonyl (C=O) groups excluding carboxylic acids is 1. The third kappa shape index (κ3) is 5.41. The molecule has 0 aliphatic heterocycles. The van der Waals surface area contributed by atoms with Crippen LogP contribution in [0, 0.1) is 18.3 Å². The van der Waals surface area contributed by atoms with E-state index >= 15 is 0 Å². The number of methoxy groups -OCH3 is 1. The van der Waals surface area contributed by atoms with E-state index in [4.69, 9.17) is 9.47 Å². The van der Waals surface area contributed by atoms with Crippen molar-refractivity contribution in [2.75, 3.05) is 19.0 Å². The van der Waals surface area contributed by atoms with Crippen LogP contribution in [0.5, 0.6) is 11.5 Å². The summed E-state index contributed by atoms with van der Waals surface area (Å²) in [4.78, 5) is 18.1. The second kappa shape index (κ2) is 10.3. The second-order valence-corrected chi connectivity index (χ2v) is 8.96. The van der Waals surface area contributed by atoms with Crippen molar-refractivity contribution in [1.82, 2.24) is 0 Å². The number of carbonyl (C=O) groups is 1. The standard InChI is InChI=1S/C26H25N3O3S/c1-17-7-10-19(11-8-17)29-25(30)16-32-22-12-9-18(13-23(22)31-2)15-28-26-21(14-27)20-5-3-4-6-24(20)33-26/h7-13,15H,3-6,16H2,1-2H3,(H,29,30). The maximum atomic E-state index is 12.2. The average molecular weight is 460 g/mol. The number of anilines is 1. The van der Waals surface area contributed by atoms with Crippen LogP contribution in [-0.4, -0.2) is 25.8 Å². The van der Waals surface area contributed by atoms with Crippen LogP contribution in [-0.2, 0) is 17.6 Å². The van der Waals surface area contributed by atoms with Crippen molar-refractivity contribution in [3.05, 3.63) is 69.6 Å². The molecule has 1 aliphatic rings. The second-order valence-electron chi connectivity index (χ2n) is 7.87. The van der Waals surface area contributed by atoms with E-state index in [1.165, 1.54) is 16.9 Å². The fraction of sp³-hybridized carbons (Fsp3) is 0.269. The Kier molecular flexibility index (Phi) is 7.06. The summed E-state index contributed by atoms with van der Waals surface area (Å²) in [5.41, 5.74) is 4.54. The van der Waals surface area contributed by atoms with Gasteiger partial charge in [-0.3, -0.25) is 4.79 Å². The lowest BCUT2D eigenvalue weighted by molar-refractivity contribution is -0.118. The molecule has 1 aromatic heterocycles. The van der Waals surface area contributed by atoms with Gasteiger partial charge in [0, 0.05) is 16.8 Å². The van der Waals surface area contributed by atoms with Crippen molar-refractivity contribution >= 4 is 34.1 Å². The molecule has 1 aliphatic carbocycles. The topological polar surface area (TPSA) is 83.7 Å². The van der Waals surface area contributed by atoms with Gasteiger partial charge in [-0.05, 0) is 74.1 Å². The van der Waals surface area contributed by atoms with Gasteiger partial charge in [0.1, 0.15) is 11.1 Å². The molecule has 0 radical (unpaired) electrons. The molecule has 1 N–H and O–H groups in total. The Labute approximate surface area is 197 Å². The lowest BCUT2D eigenvalue weighted by atomic mass is 9.96. The molecule has 168 valence electrons. The van der Waals surface area contributed by atoms with Gasteiger partial charge in [-0.25, -0.2) is 4.99 Å². The first-order valence-corrected chi connectivity index (χ1v) is 11.6. The molecule has 3 aromatic rings. The number of hydrogen-bond donors (Lipinski definition) is 1. The predicted molar refractivity (Wildman–Crippen MR) is 131 cm³/mol. The van der Waals surface area contributed by atoms with E-state index in [-0.39, 0.29) is 12.5 Å². The first kappa shape index (κ1) is 22.6. The number of aliphatic imine (C=N–C) groups is 1. The Hall–Kier alpha value is -3.63. The quantitative estimate of drug-likeness (QED) is 0.467. The molecule has 33 heavy (non-hydrogen) atoms. The van der Waals surface area contributed by atoms with Crippen LogP contribution in [0.15, 0.2) is 47.5 Å². The van der Waals surface area contributed by atoms with Crippen LogP contribution in [0.4, 0.5) is 10.7 Å². The van der Waals surface area contributed by atoms with E-state index in [1.807, 2.05) is 37.3 Å². The summed E-state index contributed by atoms with van der Waals surface area (Å²) >= 11 is 1.61. The number of nitrogens with zero attached hydrogens (tertiary/aromatic N) is 2. The van der Waals surface area contributed by atoms with Crippen molar-refractivity contribution in [3.8, 4) is 17.6 Å². The Morgan fingerprint density at radius 1 is 1.18 bits per heavy atom. The van der Waals surface area contributed by atoms with E-state index in [0.717, 1.165) is 41.1 Å². The van der Waals surface area contributed by atoms with Gasteiger partial charge in [0.15, 0.2) is 18.1 Å². The number of nitrogens with one attached hydrogen (secondary N) is 1. The lowest BCUT2D eigenvalue weighted by Gasteiger charge is -2.11. The molecule has 0 fully saturated rings. The molecule has 1 heterocycles. The van der Waals surface area contributed by atoms with E-state index in [0.29, 0.717) is 17.1 Å². The third-order valence-electron chi connectivity index (χ3n) is 5.48. The molecule has 0 spiro atoms. The Balaban J connectivity index is 1.43. The molecule has 2 aromatic carbocycles. The van der Waals surface area contributed by atoms with Gasteiger partial charge in [0.2, 0.25) is 0 Å². The fourth-order valence-corrected chi connectivity index (χ4v) is 4.94. The highest BCUT2D eigenvalue weighted by Crippen LogP contribution is 2.39. The zero-order chi connectivity index (χ0) is 23.2. The highest BCUT2D eigenvalue weighted by molar-refractivity contribution is 7.16. The number of thiophene rings is 1. The lowest BCUT2D eigenvalue weighted by Crippen LogP contribution is -2.20. The molecule has 0 atom stereocenters. The van der Waals surface area contributed by atoms with Crippen molar-refractivity contribution in [3.63, 3.8) is 0 Å². The fourth-order valence-electron chi connectivity index (χ4n) is 3.75. The van der Waals surface area contributed by atoms with Crippen LogP contribution in [0.3, 0.4) is 0 Å². The van der Waals surface area contributed by atoms with Gasteiger partial charge in [-0.2, -0.15) is 5.26 Å². The largest absolute Gasteiger partial charge is 0.493 e. The maximum absolute atomic E-state index is 12.2. The Bertz CT molecular complexity index is 1220. The summed E-state index contributed by atoms with van der Waals surface area (Å²) in [6.07, 6.45) is 6.02. The van der Waals surface area contributed by atoms with Crippen molar-refractivity contribution in [2.45, 2.75) is 32.6 Å². The molecule has 0 unspecified atom stereocenters. The molecule has 1 amide bonds. The number of benzene rings is 2. The van der Waals surface area contributed by atoms with Crippen molar-refractivity contribution in [2.24, 2.45) is 4.99 Å². The molecule has 6 nitrogen and oxygen atoms in total. The van der Waals surface area contributed by atoms with Crippen LogP contribution in [0.2, 0.25) is 0 Å². The van der Waals surface area contributed by atoms with Gasteiger partial charge in [-0.15, -0.1) is 11.3 Å². The predicted octanol–water partition coefficient (Wildman–Crippen LogP) is 5.58. The van der Waals surface area contributed by atoms with Crippen LogP contribution >= 0.6 is 11.3 Å². The van der Waals surface area contributed by atoms with Gasteiger partial charge in [0.05, 0.1) is 12.7 Å². The molecule has 0 saturated heterocycles. The number of fused-ring (bicyclic) bond motifs is 1. The summed E-state index contributed by atoms with van der Waals surface area (Å²) in [7, 11) is 1.55. The summed E-state index contributed by atoms with van der Waals surface area (Å²) < 4.78 is 11.1. The van der Waals surface area contributed by atoms with Crippen LogP contribution in [0.1, 0.15) is 40.0 Å². The van der Waals surface area contributed by atoms with Gasteiger partial charge < -0.3 is 14.8 Å². The zero-order valence-electron chi connectivity index (χ0n) is 18.7. The molecule has 7 heteroatoms. The smallest absolute Gasteiger partial charge is 0.262 e. The zero-order valence-corrected chi connectivity index (χ0v) is 19.5. The molecule has 4 rings (SSSR count). The minimum absolute atomic E-state index is 0.135. The summed E-state index contributed by atoms with van der Waals surface area (Å²) in [6, 6.07) is 15.3. The minimum Gasteiger partial charge on any atom is -0.493 e. The van der Waals surface area contributed by atoms with Crippen LogP contribution in [0.25, 0.3) is 0 Å². The average Bonchev–Trinajstić information content (AvgIpc) is 3.20. The number of hydrogen-bond acceptors (Lipinski definition) is 6. The van der Waals surface area contributed by atoms with Crippen LogP contribution < -0.4 is 14.8 Å². The first-order valence-electron chi connectivity index (χ1n) is 10.8. The highest BCUT2D eigenvalue weighted by Gasteiger charge is 2.20. The van der Waals surface area contributed by atoms with Crippen molar-refractivity contribution < 1.29 is 14.3 Å². The van der Waals surface area contributed by atoms with E-state index < -0.39 is 0 Å². The minimum atomic E-state index is -0.253. The van der Waals surface area contributed by atoms with Gasteiger partial charge in [-0.1, -0.05) is 17.7 Å². The molecular weight excluding hydrogens is 434 g/mol. The molecule has 0 saturated carbocycles. The van der Waals surface area contributed by atoms with E-state index in [9.17, 15) is 10.1 Å². The molecule has 0 bridgehead atoms. The first-order chi connectivity index (χ1) is 16.1. The van der Waals surface area contributed by atoms with Gasteiger partial charge >= 0.3 is 0 Å².